The number of nitrogens with two attached hydrogens (primary N) is 2. The van der Waals surface area contributed by atoms with Gasteiger partial charge in [0.25, 0.3) is 0 Å². The third kappa shape index (κ3) is 3.40. The van der Waals surface area contributed by atoms with Gasteiger partial charge < -0.3 is 11.5 Å². The smallest absolute Gasteiger partial charge is 0.0393 e. The lowest BCUT2D eigenvalue weighted by atomic mass is 9.99. The van der Waals surface area contributed by atoms with Gasteiger partial charge in [0.05, 0.1) is 0 Å². The summed E-state index contributed by atoms with van der Waals surface area (Å²) in [6, 6.07) is 10.2. The summed E-state index contributed by atoms with van der Waals surface area (Å²) in [4.78, 5) is 0. The van der Waals surface area contributed by atoms with Crippen LogP contribution in [0, 0.1) is 0 Å². The van der Waals surface area contributed by atoms with Crippen molar-refractivity contribution in [1.82, 2.24) is 0 Å². The van der Waals surface area contributed by atoms with E-state index in [1.165, 1.54) is 37.7 Å². The molecule has 0 unspecified atom stereocenters. The van der Waals surface area contributed by atoms with Crippen LogP contribution in [0.1, 0.15) is 44.6 Å². The van der Waals surface area contributed by atoms with E-state index in [-0.39, 0.29) is 0 Å². The van der Waals surface area contributed by atoms with Crippen LogP contribution in [0.4, 0.5) is 11.4 Å². The van der Waals surface area contributed by atoms with Gasteiger partial charge in [-0.25, -0.2) is 0 Å². The minimum Gasteiger partial charge on any atom is -0.398 e. The van der Waals surface area contributed by atoms with Crippen LogP contribution in [-0.2, 0) is 6.42 Å². The van der Waals surface area contributed by atoms with Gasteiger partial charge in [-0.05, 0) is 42.0 Å². The van der Waals surface area contributed by atoms with Crippen molar-refractivity contribution in [2.75, 3.05) is 11.5 Å². The van der Waals surface area contributed by atoms with Gasteiger partial charge in [0, 0.05) is 16.8 Å². The van der Waals surface area contributed by atoms with Crippen LogP contribution in [0.15, 0.2) is 30.3 Å². The Kier molecular flexibility index (Phi) is 4.67. The third-order valence-corrected chi connectivity index (χ3v) is 3.72. The summed E-state index contributed by atoms with van der Waals surface area (Å²) in [5.74, 6) is 0. The topological polar surface area (TPSA) is 52.0 Å². The molecule has 0 fully saturated rings. The van der Waals surface area contributed by atoms with Crippen molar-refractivity contribution >= 4 is 22.1 Å². The number of nitrogen functional groups attached to an aromatic ring is 2. The molecule has 4 N–H and O–H groups in total. The van der Waals surface area contributed by atoms with Crippen molar-refractivity contribution in [3.05, 3.63) is 35.9 Å². The highest BCUT2D eigenvalue weighted by Gasteiger charge is 2.04. The maximum absolute atomic E-state index is 6.14. The Morgan fingerprint density at radius 2 is 1.68 bits per heavy atom. The number of unbranched alkanes of at least 4 members (excludes halogenated alkanes) is 4. The zero-order chi connectivity index (χ0) is 13.7. The van der Waals surface area contributed by atoms with Gasteiger partial charge in [-0.1, -0.05) is 44.7 Å². The molecular weight excluding hydrogens is 232 g/mol. The molecule has 19 heavy (non-hydrogen) atoms. The Hall–Kier alpha value is -1.70. The Morgan fingerprint density at radius 3 is 2.47 bits per heavy atom. The van der Waals surface area contributed by atoms with Crippen molar-refractivity contribution in [3.8, 4) is 0 Å². The van der Waals surface area contributed by atoms with E-state index in [0.29, 0.717) is 0 Å². The zero-order valence-corrected chi connectivity index (χ0v) is 11.8. The van der Waals surface area contributed by atoms with E-state index in [1.807, 2.05) is 18.2 Å². The average Bonchev–Trinajstić information content (AvgIpc) is 2.40. The minimum absolute atomic E-state index is 0.838. The molecule has 0 saturated carbocycles. The lowest BCUT2D eigenvalue weighted by Crippen LogP contribution is -1.96. The van der Waals surface area contributed by atoms with Crippen molar-refractivity contribution < 1.29 is 0 Å². The van der Waals surface area contributed by atoms with Gasteiger partial charge in [-0.2, -0.15) is 0 Å². The molecule has 0 saturated heterocycles. The number of hydrogen-bond acceptors (Lipinski definition) is 2. The molecule has 2 aromatic carbocycles. The summed E-state index contributed by atoms with van der Waals surface area (Å²) in [6.45, 7) is 2.24. The van der Waals surface area contributed by atoms with E-state index in [4.69, 9.17) is 11.5 Å². The number of benzene rings is 2. The number of aryl methyl sites for hydroxylation is 1. The summed E-state index contributed by atoms with van der Waals surface area (Å²) in [5, 5.41) is 2.26. The number of fused-ring (bicyclic) bond motifs is 1. The standard InChI is InChI=1S/C17H24N2/c1-2-3-4-5-6-8-14-11-15-13(12-17(14)19)9-7-10-16(15)18/h7,9-12H,2-6,8,18-19H2,1H3. The van der Waals surface area contributed by atoms with Gasteiger partial charge in [0.15, 0.2) is 0 Å². The predicted molar refractivity (Wildman–Crippen MR) is 85.2 cm³/mol. The van der Waals surface area contributed by atoms with Crippen LogP contribution >= 0.6 is 0 Å². The largest absolute Gasteiger partial charge is 0.398 e. The molecular formula is C17H24N2. The van der Waals surface area contributed by atoms with Crippen molar-refractivity contribution in [2.45, 2.75) is 45.4 Å². The first-order valence-corrected chi connectivity index (χ1v) is 7.29. The first-order valence-electron chi connectivity index (χ1n) is 7.29. The van der Waals surface area contributed by atoms with E-state index < -0.39 is 0 Å². The highest BCUT2D eigenvalue weighted by Crippen LogP contribution is 2.27. The van der Waals surface area contributed by atoms with Gasteiger partial charge in [0.1, 0.15) is 0 Å². The summed E-state index contributed by atoms with van der Waals surface area (Å²) in [6.07, 6.45) is 7.50. The maximum atomic E-state index is 6.14. The molecule has 2 aromatic rings. The molecule has 2 heteroatoms. The van der Waals surface area contributed by atoms with E-state index in [9.17, 15) is 0 Å². The molecule has 0 aliphatic carbocycles. The first-order chi connectivity index (χ1) is 9.22. The molecule has 2 rings (SSSR count). The molecule has 0 heterocycles. The number of anilines is 2. The van der Waals surface area contributed by atoms with Crippen LogP contribution in [0.3, 0.4) is 0 Å². The molecule has 0 aliphatic rings. The van der Waals surface area contributed by atoms with E-state index >= 15 is 0 Å². The van der Waals surface area contributed by atoms with Crippen LogP contribution in [0.25, 0.3) is 10.8 Å². The third-order valence-electron chi connectivity index (χ3n) is 3.72. The monoisotopic (exact) mass is 256 g/mol. The Morgan fingerprint density at radius 1 is 0.895 bits per heavy atom. The van der Waals surface area contributed by atoms with Crippen molar-refractivity contribution in [3.63, 3.8) is 0 Å². The van der Waals surface area contributed by atoms with Crippen molar-refractivity contribution in [1.29, 1.82) is 0 Å². The fraction of sp³-hybridized carbons (Fsp3) is 0.412. The van der Waals surface area contributed by atoms with Gasteiger partial charge in [-0.3, -0.25) is 0 Å². The Labute approximate surface area is 115 Å². The first kappa shape index (κ1) is 13.7. The van der Waals surface area contributed by atoms with Gasteiger partial charge in [-0.15, -0.1) is 0 Å². The average molecular weight is 256 g/mol. The molecule has 0 aromatic heterocycles. The quantitative estimate of drug-likeness (QED) is 0.590. The molecule has 0 spiro atoms. The molecule has 0 atom stereocenters. The lowest BCUT2D eigenvalue weighted by molar-refractivity contribution is 0.633. The maximum Gasteiger partial charge on any atom is 0.0393 e. The summed E-state index contributed by atoms with van der Waals surface area (Å²) in [5.41, 5.74) is 15.1. The summed E-state index contributed by atoms with van der Waals surface area (Å²) >= 11 is 0. The van der Waals surface area contributed by atoms with E-state index in [0.717, 1.165) is 28.6 Å². The van der Waals surface area contributed by atoms with Gasteiger partial charge >= 0.3 is 0 Å². The van der Waals surface area contributed by atoms with E-state index in [1.54, 1.807) is 0 Å². The Balaban J connectivity index is 2.10. The second-order valence-corrected chi connectivity index (χ2v) is 5.28. The number of hydrogen-bond donors (Lipinski definition) is 2. The van der Waals surface area contributed by atoms with Crippen molar-refractivity contribution in [2.24, 2.45) is 0 Å². The summed E-state index contributed by atoms with van der Waals surface area (Å²) in [7, 11) is 0. The molecule has 102 valence electrons. The normalized spacial score (nSPS) is 11.0. The number of rotatable bonds is 6. The zero-order valence-electron chi connectivity index (χ0n) is 11.8. The molecule has 0 amide bonds. The minimum atomic E-state index is 0.838. The molecule has 0 radical (unpaired) electrons. The fourth-order valence-corrected chi connectivity index (χ4v) is 2.55. The summed E-state index contributed by atoms with van der Waals surface area (Å²) < 4.78 is 0. The van der Waals surface area contributed by atoms with Crippen LogP contribution in [-0.4, -0.2) is 0 Å². The second-order valence-electron chi connectivity index (χ2n) is 5.28. The predicted octanol–water partition coefficient (Wildman–Crippen LogP) is 4.52. The SMILES string of the molecule is CCCCCCCc1cc2c(N)cccc2cc1N. The Bertz CT molecular complexity index is 546. The van der Waals surface area contributed by atoms with Crippen LogP contribution < -0.4 is 11.5 Å². The second kappa shape index (κ2) is 6.46. The van der Waals surface area contributed by atoms with Crippen LogP contribution in [0.5, 0.6) is 0 Å². The lowest BCUT2D eigenvalue weighted by Gasteiger charge is -2.09. The van der Waals surface area contributed by atoms with Gasteiger partial charge in [0.2, 0.25) is 0 Å². The van der Waals surface area contributed by atoms with E-state index in [2.05, 4.69) is 19.1 Å². The van der Waals surface area contributed by atoms with Crippen LogP contribution in [0.2, 0.25) is 0 Å². The highest BCUT2D eigenvalue weighted by molar-refractivity contribution is 5.95. The molecule has 2 nitrogen and oxygen atoms in total. The molecule has 0 aliphatic heterocycles. The fourth-order valence-electron chi connectivity index (χ4n) is 2.55. The molecule has 0 bridgehead atoms. The highest BCUT2D eigenvalue weighted by atomic mass is 14.6.